The third-order valence-corrected chi connectivity index (χ3v) is 5.91. The fourth-order valence-corrected chi connectivity index (χ4v) is 4.09. The Morgan fingerprint density at radius 1 is 0.963 bits per heavy atom. The van der Waals surface area contributed by atoms with Gasteiger partial charge < -0.3 is 10.6 Å². The summed E-state index contributed by atoms with van der Waals surface area (Å²) < 4.78 is 0. The maximum Gasteiger partial charge on any atom is 0.253 e. The Hall–Kier alpha value is -0.850. The highest BCUT2D eigenvalue weighted by molar-refractivity contribution is 5.94. The first-order chi connectivity index (χ1) is 12.1. The lowest BCUT2D eigenvalue weighted by Gasteiger charge is -2.36. The van der Waals surface area contributed by atoms with Crippen LogP contribution in [-0.2, 0) is 6.54 Å². The first-order valence-electron chi connectivity index (χ1n) is 9.65. The smallest absolute Gasteiger partial charge is 0.253 e. The highest BCUT2D eigenvalue weighted by Gasteiger charge is 2.28. The van der Waals surface area contributed by atoms with Gasteiger partial charge in [-0.25, -0.2) is 0 Å². The molecule has 7 heteroatoms. The molecule has 5 nitrogen and oxygen atoms in total. The lowest BCUT2D eigenvalue weighted by molar-refractivity contribution is 0.0614. The molecule has 2 saturated heterocycles. The predicted octanol–water partition coefficient (Wildman–Crippen LogP) is 2.62. The highest BCUT2D eigenvalue weighted by atomic mass is 35.5. The summed E-state index contributed by atoms with van der Waals surface area (Å²) in [4.78, 5) is 19.7. The first kappa shape index (κ1) is 24.2. The Kier molecular flexibility index (Phi) is 10.1. The molecule has 2 aliphatic rings. The molecule has 2 heterocycles. The summed E-state index contributed by atoms with van der Waals surface area (Å²) in [5.74, 6) is 0.144. The van der Waals surface area contributed by atoms with Crippen LogP contribution in [0.25, 0.3) is 0 Å². The van der Waals surface area contributed by atoms with Crippen LogP contribution in [0, 0.1) is 0 Å². The molecule has 1 aromatic carbocycles. The van der Waals surface area contributed by atoms with E-state index in [1.807, 2.05) is 29.2 Å². The van der Waals surface area contributed by atoms with Gasteiger partial charge >= 0.3 is 0 Å². The molecule has 154 valence electrons. The topological polar surface area (TPSA) is 52.8 Å². The van der Waals surface area contributed by atoms with Crippen molar-refractivity contribution < 1.29 is 4.79 Å². The molecule has 0 radical (unpaired) electrons. The van der Waals surface area contributed by atoms with Crippen molar-refractivity contribution in [2.75, 3.05) is 39.3 Å². The van der Waals surface area contributed by atoms with Gasteiger partial charge in [0.15, 0.2) is 0 Å². The second-order valence-corrected chi connectivity index (χ2v) is 7.55. The van der Waals surface area contributed by atoms with Gasteiger partial charge in [0.1, 0.15) is 0 Å². The summed E-state index contributed by atoms with van der Waals surface area (Å²) in [6.45, 7) is 11.1. The molecule has 2 unspecified atom stereocenters. The summed E-state index contributed by atoms with van der Waals surface area (Å²) in [7, 11) is 0. The van der Waals surface area contributed by atoms with Crippen LogP contribution in [0.5, 0.6) is 0 Å². The van der Waals surface area contributed by atoms with Gasteiger partial charge in [-0.15, -0.1) is 24.8 Å². The molecule has 0 spiro atoms. The molecule has 2 N–H and O–H groups in total. The first-order valence-corrected chi connectivity index (χ1v) is 9.65. The molecule has 2 atom stereocenters. The predicted molar refractivity (Wildman–Crippen MR) is 116 cm³/mol. The number of rotatable bonds is 5. The zero-order valence-electron chi connectivity index (χ0n) is 16.5. The Bertz CT molecular complexity index is 566. The van der Waals surface area contributed by atoms with E-state index in [4.69, 9.17) is 5.73 Å². The number of carbonyl (C=O) groups is 1. The molecule has 0 aliphatic carbocycles. The zero-order valence-corrected chi connectivity index (χ0v) is 18.1. The molecular formula is C20H34Cl2N4O. The van der Waals surface area contributed by atoms with Crippen LogP contribution in [-0.4, -0.2) is 72.0 Å². The molecule has 2 aliphatic heterocycles. The number of piperazine rings is 1. The second kappa shape index (κ2) is 11.2. The second-order valence-electron chi connectivity index (χ2n) is 7.55. The lowest BCUT2D eigenvalue weighted by atomic mass is 10.1. The Morgan fingerprint density at radius 2 is 1.52 bits per heavy atom. The quantitative estimate of drug-likeness (QED) is 0.801. The summed E-state index contributed by atoms with van der Waals surface area (Å²) >= 11 is 0. The molecule has 0 bridgehead atoms. The van der Waals surface area contributed by atoms with E-state index in [0.29, 0.717) is 18.6 Å². The fraction of sp³-hybridized carbons (Fsp3) is 0.650. The van der Waals surface area contributed by atoms with Gasteiger partial charge in [-0.3, -0.25) is 14.6 Å². The van der Waals surface area contributed by atoms with E-state index < -0.39 is 0 Å². The van der Waals surface area contributed by atoms with Crippen molar-refractivity contribution >= 4 is 30.7 Å². The summed E-state index contributed by atoms with van der Waals surface area (Å²) in [5, 5.41) is 0. The van der Waals surface area contributed by atoms with Crippen molar-refractivity contribution in [3.05, 3.63) is 35.4 Å². The minimum absolute atomic E-state index is 0. The van der Waals surface area contributed by atoms with Gasteiger partial charge in [-0.1, -0.05) is 12.1 Å². The highest BCUT2D eigenvalue weighted by Crippen LogP contribution is 2.23. The molecule has 0 aromatic heterocycles. The number of amides is 1. The number of benzene rings is 1. The van der Waals surface area contributed by atoms with E-state index >= 15 is 0 Å². The van der Waals surface area contributed by atoms with Crippen LogP contribution in [0.15, 0.2) is 24.3 Å². The van der Waals surface area contributed by atoms with Crippen molar-refractivity contribution in [3.63, 3.8) is 0 Å². The van der Waals surface area contributed by atoms with Gasteiger partial charge in [-0.2, -0.15) is 0 Å². The molecule has 1 aromatic rings. The van der Waals surface area contributed by atoms with Crippen LogP contribution in [0.4, 0.5) is 0 Å². The largest absolute Gasteiger partial charge is 0.336 e. The van der Waals surface area contributed by atoms with Gasteiger partial charge in [0.2, 0.25) is 0 Å². The normalized spacial score (nSPS) is 23.6. The van der Waals surface area contributed by atoms with Crippen LogP contribution < -0.4 is 5.73 Å². The van der Waals surface area contributed by atoms with Gasteiger partial charge in [0.05, 0.1) is 0 Å². The lowest BCUT2D eigenvalue weighted by Crippen LogP contribution is -2.50. The van der Waals surface area contributed by atoms with E-state index in [1.165, 1.54) is 12.8 Å². The average molecular weight is 417 g/mol. The number of nitrogens with zero attached hydrogens (tertiary/aromatic N) is 3. The molecular weight excluding hydrogens is 383 g/mol. The Morgan fingerprint density at radius 3 is 2.04 bits per heavy atom. The standard InChI is InChI=1S/C20H32N4O.2ClH/c1-16-3-4-17(2)24(16)14-11-22-9-12-23(13-10-22)20(25)19-7-5-18(15-21)6-8-19;;/h5-8,16-17H,3-4,9-15,21H2,1-2H3;2*1H. The van der Waals surface area contributed by atoms with Gasteiger partial charge in [-0.05, 0) is 44.4 Å². The van der Waals surface area contributed by atoms with Crippen LogP contribution >= 0.6 is 24.8 Å². The minimum Gasteiger partial charge on any atom is -0.336 e. The van der Waals surface area contributed by atoms with Crippen molar-refractivity contribution in [1.29, 1.82) is 0 Å². The van der Waals surface area contributed by atoms with Crippen molar-refractivity contribution in [3.8, 4) is 0 Å². The van der Waals surface area contributed by atoms with Crippen molar-refractivity contribution in [2.24, 2.45) is 5.73 Å². The van der Waals surface area contributed by atoms with Gasteiger partial charge in [0.25, 0.3) is 5.91 Å². The summed E-state index contributed by atoms with van der Waals surface area (Å²) in [6, 6.07) is 9.12. The Labute approximate surface area is 176 Å². The van der Waals surface area contributed by atoms with E-state index in [1.54, 1.807) is 0 Å². The van der Waals surface area contributed by atoms with Crippen LogP contribution in [0.3, 0.4) is 0 Å². The SMILES string of the molecule is CC1CCC(C)N1CCN1CCN(C(=O)c2ccc(CN)cc2)CC1.Cl.Cl. The number of nitrogens with two attached hydrogens (primary N) is 1. The van der Waals surface area contributed by atoms with Crippen LogP contribution in [0.2, 0.25) is 0 Å². The number of halogens is 2. The Balaban J connectivity index is 0.00000182. The maximum absolute atomic E-state index is 12.6. The summed E-state index contributed by atoms with van der Waals surface area (Å²) in [6.07, 6.45) is 2.65. The third-order valence-electron chi connectivity index (χ3n) is 5.91. The zero-order chi connectivity index (χ0) is 17.8. The van der Waals surface area contributed by atoms with Crippen molar-refractivity contribution in [2.45, 2.75) is 45.3 Å². The number of likely N-dealkylation sites (tertiary alicyclic amines) is 1. The van der Waals surface area contributed by atoms with E-state index in [9.17, 15) is 4.79 Å². The van der Waals surface area contributed by atoms with E-state index in [-0.39, 0.29) is 30.7 Å². The molecule has 2 fully saturated rings. The molecule has 0 saturated carbocycles. The monoisotopic (exact) mass is 416 g/mol. The number of hydrogen-bond donors (Lipinski definition) is 1. The fourth-order valence-electron chi connectivity index (χ4n) is 4.09. The number of hydrogen-bond acceptors (Lipinski definition) is 4. The van der Waals surface area contributed by atoms with E-state index in [2.05, 4.69) is 23.6 Å². The maximum atomic E-state index is 12.6. The third kappa shape index (κ3) is 6.06. The van der Waals surface area contributed by atoms with Gasteiger partial charge in [0, 0.05) is 63.5 Å². The van der Waals surface area contributed by atoms with Crippen LogP contribution in [0.1, 0.15) is 42.6 Å². The van der Waals surface area contributed by atoms with Crippen molar-refractivity contribution in [1.82, 2.24) is 14.7 Å². The summed E-state index contributed by atoms with van der Waals surface area (Å²) in [5.41, 5.74) is 7.45. The average Bonchev–Trinajstić information content (AvgIpc) is 2.98. The molecule has 27 heavy (non-hydrogen) atoms. The minimum atomic E-state index is 0. The van der Waals surface area contributed by atoms with E-state index in [0.717, 1.165) is 50.4 Å². The number of carbonyl (C=O) groups excluding carboxylic acids is 1. The molecule has 1 amide bonds. The molecule has 3 rings (SSSR count).